The van der Waals surface area contributed by atoms with E-state index < -0.39 is 5.82 Å². The number of halogens is 3. The van der Waals surface area contributed by atoms with E-state index in [0.717, 1.165) is 6.42 Å². The zero-order valence-electron chi connectivity index (χ0n) is 10.4. The minimum absolute atomic E-state index is 0.185. The van der Waals surface area contributed by atoms with Crippen molar-refractivity contribution in [2.75, 3.05) is 6.61 Å². The standard InChI is InChI=1S/C15H13F2IO/c1-2-8-19-15-11(4-3-5-12(15)16)10-6-7-14(18)13(17)9-10/h3-7,9H,2,8H2,1H3. The van der Waals surface area contributed by atoms with E-state index in [1.165, 1.54) is 12.1 Å². The Morgan fingerprint density at radius 2 is 1.89 bits per heavy atom. The van der Waals surface area contributed by atoms with E-state index in [4.69, 9.17) is 4.74 Å². The molecule has 0 heterocycles. The van der Waals surface area contributed by atoms with Crippen LogP contribution in [0.25, 0.3) is 11.1 Å². The highest BCUT2D eigenvalue weighted by molar-refractivity contribution is 14.1. The predicted molar refractivity (Wildman–Crippen MR) is 80.3 cm³/mol. The van der Waals surface area contributed by atoms with Gasteiger partial charge < -0.3 is 4.74 Å². The van der Waals surface area contributed by atoms with Crippen molar-refractivity contribution in [3.05, 3.63) is 51.6 Å². The average molecular weight is 374 g/mol. The highest BCUT2D eigenvalue weighted by Crippen LogP contribution is 2.33. The molecule has 0 aliphatic rings. The highest BCUT2D eigenvalue weighted by atomic mass is 127. The van der Waals surface area contributed by atoms with Crippen LogP contribution in [0.1, 0.15) is 13.3 Å². The van der Waals surface area contributed by atoms with Gasteiger partial charge in [-0.05, 0) is 52.8 Å². The fourth-order valence-corrected chi connectivity index (χ4v) is 2.09. The zero-order chi connectivity index (χ0) is 13.8. The van der Waals surface area contributed by atoms with Crippen LogP contribution in [0.5, 0.6) is 5.75 Å². The normalized spacial score (nSPS) is 10.5. The molecule has 2 aromatic rings. The van der Waals surface area contributed by atoms with E-state index in [9.17, 15) is 8.78 Å². The molecule has 0 bridgehead atoms. The molecule has 0 saturated heterocycles. The van der Waals surface area contributed by atoms with Gasteiger partial charge in [0.05, 0.1) is 6.61 Å². The monoisotopic (exact) mass is 374 g/mol. The van der Waals surface area contributed by atoms with Crippen LogP contribution in [0.2, 0.25) is 0 Å². The van der Waals surface area contributed by atoms with Crippen LogP contribution in [0.4, 0.5) is 8.78 Å². The lowest BCUT2D eigenvalue weighted by atomic mass is 10.0. The molecule has 100 valence electrons. The summed E-state index contributed by atoms with van der Waals surface area (Å²) in [4.78, 5) is 0. The van der Waals surface area contributed by atoms with Crippen LogP contribution in [-0.2, 0) is 0 Å². The average Bonchev–Trinajstić information content (AvgIpc) is 2.40. The molecule has 0 amide bonds. The van der Waals surface area contributed by atoms with E-state index in [1.807, 2.05) is 29.5 Å². The van der Waals surface area contributed by atoms with Gasteiger partial charge in [0.25, 0.3) is 0 Å². The van der Waals surface area contributed by atoms with Crippen LogP contribution in [-0.4, -0.2) is 6.61 Å². The molecule has 0 unspecified atom stereocenters. The molecular weight excluding hydrogens is 361 g/mol. The number of ether oxygens (including phenoxy) is 1. The number of rotatable bonds is 4. The molecule has 0 aliphatic heterocycles. The Balaban J connectivity index is 2.48. The maximum absolute atomic E-state index is 13.8. The van der Waals surface area contributed by atoms with Gasteiger partial charge in [-0.15, -0.1) is 0 Å². The largest absolute Gasteiger partial charge is 0.490 e. The lowest BCUT2D eigenvalue weighted by Gasteiger charge is -2.12. The molecule has 2 rings (SSSR count). The molecular formula is C15H13F2IO. The van der Waals surface area contributed by atoms with Crippen molar-refractivity contribution in [1.82, 2.24) is 0 Å². The minimum Gasteiger partial charge on any atom is -0.490 e. The summed E-state index contributed by atoms with van der Waals surface area (Å²) in [6, 6.07) is 9.50. The summed E-state index contributed by atoms with van der Waals surface area (Å²) < 4.78 is 33.4. The molecule has 0 atom stereocenters. The molecule has 2 aromatic carbocycles. The Kier molecular flexibility index (Phi) is 4.74. The molecule has 4 heteroatoms. The Morgan fingerprint density at radius 1 is 1.11 bits per heavy atom. The van der Waals surface area contributed by atoms with E-state index in [0.29, 0.717) is 21.3 Å². The summed E-state index contributed by atoms with van der Waals surface area (Å²) in [5.74, 6) is -0.557. The Hall–Kier alpha value is -1.17. The molecule has 0 radical (unpaired) electrons. The fourth-order valence-electron chi connectivity index (χ4n) is 1.75. The number of benzene rings is 2. The van der Waals surface area contributed by atoms with E-state index in [-0.39, 0.29) is 11.6 Å². The maximum atomic E-state index is 13.8. The zero-order valence-corrected chi connectivity index (χ0v) is 12.6. The molecule has 0 aromatic heterocycles. The molecule has 0 saturated carbocycles. The van der Waals surface area contributed by atoms with Gasteiger partial charge in [-0.3, -0.25) is 0 Å². The second-order valence-corrected chi connectivity index (χ2v) is 5.26. The second-order valence-electron chi connectivity index (χ2n) is 4.09. The first-order chi connectivity index (χ1) is 9.13. The number of para-hydroxylation sites is 1. The van der Waals surface area contributed by atoms with Gasteiger partial charge in [-0.25, -0.2) is 8.78 Å². The first-order valence-electron chi connectivity index (χ1n) is 6.00. The Bertz CT molecular complexity index is 584. The molecule has 1 nitrogen and oxygen atoms in total. The van der Waals surface area contributed by atoms with Gasteiger partial charge in [0.15, 0.2) is 11.6 Å². The summed E-state index contributed by atoms with van der Waals surface area (Å²) in [7, 11) is 0. The predicted octanol–water partition coefficient (Wildman–Crippen LogP) is 5.03. The maximum Gasteiger partial charge on any atom is 0.165 e. The first kappa shape index (κ1) is 14.2. The number of hydrogen-bond donors (Lipinski definition) is 0. The molecule has 0 fully saturated rings. The van der Waals surface area contributed by atoms with Crippen LogP contribution < -0.4 is 4.74 Å². The molecule has 0 N–H and O–H groups in total. The summed E-state index contributed by atoms with van der Waals surface area (Å²) in [5.41, 5.74) is 1.19. The van der Waals surface area contributed by atoms with Crippen molar-refractivity contribution >= 4 is 22.6 Å². The smallest absolute Gasteiger partial charge is 0.165 e. The summed E-state index contributed by atoms with van der Waals surface area (Å²) >= 11 is 1.92. The third kappa shape index (κ3) is 3.23. The second kappa shape index (κ2) is 6.32. The van der Waals surface area contributed by atoms with Crippen molar-refractivity contribution < 1.29 is 13.5 Å². The number of hydrogen-bond acceptors (Lipinski definition) is 1. The van der Waals surface area contributed by atoms with Gasteiger partial charge in [-0.1, -0.05) is 25.1 Å². The van der Waals surface area contributed by atoms with Gasteiger partial charge >= 0.3 is 0 Å². The molecule has 0 aliphatic carbocycles. The van der Waals surface area contributed by atoms with Crippen molar-refractivity contribution in [2.45, 2.75) is 13.3 Å². The SMILES string of the molecule is CCCOc1c(F)cccc1-c1ccc(I)c(F)c1. The Morgan fingerprint density at radius 3 is 2.58 bits per heavy atom. The summed E-state index contributed by atoms with van der Waals surface area (Å²) in [6.45, 7) is 2.38. The lowest BCUT2D eigenvalue weighted by molar-refractivity contribution is 0.302. The molecule has 19 heavy (non-hydrogen) atoms. The van der Waals surface area contributed by atoms with E-state index >= 15 is 0 Å². The van der Waals surface area contributed by atoms with Crippen molar-refractivity contribution in [1.29, 1.82) is 0 Å². The topological polar surface area (TPSA) is 9.23 Å². The quantitative estimate of drug-likeness (QED) is 0.683. The van der Waals surface area contributed by atoms with Crippen LogP contribution in [0.15, 0.2) is 36.4 Å². The van der Waals surface area contributed by atoms with Crippen LogP contribution in [0.3, 0.4) is 0 Å². The minimum atomic E-state index is -0.426. The van der Waals surface area contributed by atoms with Gasteiger partial charge in [-0.2, -0.15) is 0 Å². The van der Waals surface area contributed by atoms with Crippen molar-refractivity contribution in [3.8, 4) is 16.9 Å². The van der Waals surface area contributed by atoms with Gasteiger partial charge in [0.2, 0.25) is 0 Å². The summed E-state index contributed by atoms with van der Waals surface area (Å²) in [6.07, 6.45) is 0.787. The van der Waals surface area contributed by atoms with Crippen molar-refractivity contribution in [2.24, 2.45) is 0 Å². The third-order valence-corrected chi connectivity index (χ3v) is 3.52. The van der Waals surface area contributed by atoms with E-state index in [2.05, 4.69) is 0 Å². The van der Waals surface area contributed by atoms with Crippen LogP contribution in [0, 0.1) is 15.2 Å². The summed E-state index contributed by atoms with van der Waals surface area (Å²) in [5, 5.41) is 0. The van der Waals surface area contributed by atoms with Crippen LogP contribution >= 0.6 is 22.6 Å². The van der Waals surface area contributed by atoms with Gasteiger partial charge in [0.1, 0.15) is 5.82 Å². The third-order valence-electron chi connectivity index (χ3n) is 2.65. The van der Waals surface area contributed by atoms with Gasteiger partial charge in [0, 0.05) is 9.13 Å². The lowest BCUT2D eigenvalue weighted by Crippen LogP contribution is -1.99. The highest BCUT2D eigenvalue weighted by Gasteiger charge is 2.12. The molecule has 0 spiro atoms. The first-order valence-corrected chi connectivity index (χ1v) is 7.08. The van der Waals surface area contributed by atoms with Crippen molar-refractivity contribution in [3.63, 3.8) is 0 Å². The Labute approximate surface area is 124 Å². The fraction of sp³-hybridized carbons (Fsp3) is 0.200. The van der Waals surface area contributed by atoms with E-state index in [1.54, 1.807) is 24.3 Å².